The van der Waals surface area contributed by atoms with Gasteiger partial charge in [-0.25, -0.2) is 0 Å². The first kappa shape index (κ1) is 13.2. The summed E-state index contributed by atoms with van der Waals surface area (Å²) in [5.41, 5.74) is 0.588. The monoisotopic (exact) mass is 284 g/mol. The molecule has 2 atom stereocenters. The quantitative estimate of drug-likeness (QED) is 0.924. The van der Waals surface area contributed by atoms with Gasteiger partial charge in [-0.05, 0) is 34.8 Å². The molecule has 1 aromatic heterocycles. The highest BCUT2D eigenvalue weighted by Gasteiger charge is 2.14. The molecule has 0 bridgehead atoms. The van der Waals surface area contributed by atoms with Crippen molar-refractivity contribution in [2.75, 3.05) is 0 Å². The van der Waals surface area contributed by atoms with Crippen molar-refractivity contribution in [2.45, 2.75) is 33.2 Å². The average molecular weight is 285 g/mol. The van der Waals surface area contributed by atoms with E-state index >= 15 is 0 Å². The molecule has 2 unspecified atom stereocenters. The van der Waals surface area contributed by atoms with Crippen molar-refractivity contribution in [3.63, 3.8) is 0 Å². The van der Waals surface area contributed by atoms with Crippen LogP contribution < -0.4 is 5.32 Å². The Balaban J connectivity index is 2.66. The molecule has 0 aliphatic heterocycles. The smallest absolute Gasteiger partial charge is 0.253 e. The molecular weight excluding hydrogens is 268 g/mol. The van der Waals surface area contributed by atoms with E-state index in [4.69, 9.17) is 0 Å². The van der Waals surface area contributed by atoms with Crippen LogP contribution in [0, 0.1) is 5.92 Å². The van der Waals surface area contributed by atoms with Gasteiger partial charge in [0.1, 0.15) is 0 Å². The zero-order valence-corrected chi connectivity index (χ0v) is 11.4. The molecule has 1 heterocycles. The average Bonchev–Trinajstić information content (AvgIpc) is 2.27. The van der Waals surface area contributed by atoms with Crippen LogP contribution in [0.2, 0.25) is 0 Å². The van der Waals surface area contributed by atoms with E-state index in [0.717, 1.165) is 10.9 Å². The molecule has 3 nitrogen and oxygen atoms in total. The zero-order valence-electron chi connectivity index (χ0n) is 9.83. The third-order valence-electron chi connectivity index (χ3n) is 2.82. The van der Waals surface area contributed by atoms with Crippen LogP contribution in [0.15, 0.2) is 22.9 Å². The van der Waals surface area contributed by atoms with Crippen LogP contribution >= 0.6 is 15.9 Å². The van der Waals surface area contributed by atoms with Crippen LogP contribution in [-0.4, -0.2) is 16.9 Å². The van der Waals surface area contributed by atoms with Gasteiger partial charge in [-0.3, -0.25) is 9.78 Å². The van der Waals surface area contributed by atoms with Gasteiger partial charge in [-0.15, -0.1) is 0 Å². The first-order valence-corrected chi connectivity index (χ1v) is 6.25. The highest BCUT2D eigenvalue weighted by atomic mass is 79.9. The summed E-state index contributed by atoms with van der Waals surface area (Å²) >= 11 is 3.30. The molecule has 4 heteroatoms. The van der Waals surface area contributed by atoms with Gasteiger partial charge in [0.25, 0.3) is 5.91 Å². The van der Waals surface area contributed by atoms with E-state index in [1.807, 2.05) is 6.92 Å². The minimum atomic E-state index is -0.0680. The van der Waals surface area contributed by atoms with Gasteiger partial charge in [0, 0.05) is 22.9 Å². The highest BCUT2D eigenvalue weighted by Crippen LogP contribution is 2.11. The van der Waals surface area contributed by atoms with Gasteiger partial charge in [0.15, 0.2) is 0 Å². The normalized spacial score (nSPS) is 14.2. The lowest BCUT2D eigenvalue weighted by atomic mass is 10.0. The summed E-state index contributed by atoms with van der Waals surface area (Å²) in [7, 11) is 0. The van der Waals surface area contributed by atoms with Gasteiger partial charge in [-0.1, -0.05) is 20.3 Å². The number of aromatic nitrogens is 1. The van der Waals surface area contributed by atoms with E-state index in [2.05, 4.69) is 40.1 Å². The predicted molar refractivity (Wildman–Crippen MR) is 68.3 cm³/mol. The number of nitrogens with zero attached hydrogens (tertiary/aromatic N) is 1. The van der Waals surface area contributed by atoms with Gasteiger partial charge < -0.3 is 5.32 Å². The molecule has 0 spiro atoms. The van der Waals surface area contributed by atoms with Gasteiger partial charge >= 0.3 is 0 Å². The second kappa shape index (κ2) is 5.99. The van der Waals surface area contributed by atoms with Crippen molar-refractivity contribution >= 4 is 21.8 Å². The molecule has 0 aliphatic carbocycles. The third-order valence-corrected chi connectivity index (χ3v) is 3.26. The van der Waals surface area contributed by atoms with E-state index in [9.17, 15) is 4.79 Å². The Bertz CT molecular complexity index is 368. The van der Waals surface area contributed by atoms with Crippen molar-refractivity contribution in [1.82, 2.24) is 10.3 Å². The fourth-order valence-electron chi connectivity index (χ4n) is 1.32. The van der Waals surface area contributed by atoms with Crippen LogP contribution in [0.3, 0.4) is 0 Å². The topological polar surface area (TPSA) is 42.0 Å². The molecule has 0 saturated carbocycles. The molecule has 0 radical (unpaired) electrons. The van der Waals surface area contributed by atoms with Crippen LogP contribution in [0.4, 0.5) is 0 Å². The molecule has 1 aromatic rings. The number of pyridine rings is 1. The molecule has 1 N–H and O–H groups in total. The molecule has 16 heavy (non-hydrogen) atoms. The van der Waals surface area contributed by atoms with Crippen molar-refractivity contribution in [1.29, 1.82) is 0 Å². The number of carbonyl (C=O) groups is 1. The minimum absolute atomic E-state index is 0.0680. The van der Waals surface area contributed by atoms with Gasteiger partial charge in [0.05, 0.1) is 5.56 Å². The lowest BCUT2D eigenvalue weighted by Gasteiger charge is -2.19. The standard InChI is InChI=1S/C12H17BrN2O/c1-4-8(2)9(3)15-12(16)10-5-11(13)7-14-6-10/h5-9H,4H2,1-3H3,(H,15,16). The summed E-state index contributed by atoms with van der Waals surface area (Å²) in [6, 6.07) is 1.95. The lowest BCUT2D eigenvalue weighted by Crippen LogP contribution is -2.36. The molecule has 88 valence electrons. The maximum atomic E-state index is 11.9. The number of halogens is 1. The Morgan fingerprint density at radius 3 is 2.75 bits per heavy atom. The lowest BCUT2D eigenvalue weighted by molar-refractivity contribution is 0.0927. The number of carbonyl (C=O) groups excluding carboxylic acids is 1. The summed E-state index contributed by atoms with van der Waals surface area (Å²) in [6.45, 7) is 6.27. The summed E-state index contributed by atoms with van der Waals surface area (Å²) in [5, 5.41) is 2.97. The van der Waals surface area contributed by atoms with Crippen molar-refractivity contribution in [2.24, 2.45) is 5.92 Å². The number of rotatable bonds is 4. The fraction of sp³-hybridized carbons (Fsp3) is 0.500. The summed E-state index contributed by atoms with van der Waals surface area (Å²) in [6.07, 6.45) is 4.29. The van der Waals surface area contributed by atoms with E-state index in [-0.39, 0.29) is 11.9 Å². The Kier molecular flexibility index (Phi) is 4.93. The fourth-order valence-corrected chi connectivity index (χ4v) is 1.69. The maximum absolute atomic E-state index is 11.9. The van der Waals surface area contributed by atoms with Crippen LogP contribution in [-0.2, 0) is 0 Å². The number of hydrogen-bond acceptors (Lipinski definition) is 2. The highest BCUT2D eigenvalue weighted by molar-refractivity contribution is 9.10. The third kappa shape index (κ3) is 3.59. The molecule has 0 aliphatic rings. The second-order valence-electron chi connectivity index (χ2n) is 4.04. The molecule has 0 saturated heterocycles. The first-order chi connectivity index (χ1) is 7.54. The van der Waals surface area contributed by atoms with E-state index in [0.29, 0.717) is 11.5 Å². The largest absolute Gasteiger partial charge is 0.349 e. The number of nitrogens with one attached hydrogen (secondary N) is 1. The summed E-state index contributed by atoms with van der Waals surface area (Å²) in [5.74, 6) is 0.408. The first-order valence-electron chi connectivity index (χ1n) is 5.46. The minimum Gasteiger partial charge on any atom is -0.349 e. The molecular formula is C12H17BrN2O. The maximum Gasteiger partial charge on any atom is 0.253 e. The summed E-state index contributed by atoms with van der Waals surface area (Å²) < 4.78 is 0.816. The van der Waals surface area contributed by atoms with E-state index in [1.54, 1.807) is 18.5 Å². The van der Waals surface area contributed by atoms with E-state index in [1.165, 1.54) is 0 Å². The summed E-state index contributed by atoms with van der Waals surface area (Å²) in [4.78, 5) is 15.8. The number of amides is 1. The molecule has 0 fully saturated rings. The predicted octanol–water partition coefficient (Wildman–Crippen LogP) is 3.01. The van der Waals surface area contributed by atoms with Gasteiger partial charge in [-0.2, -0.15) is 0 Å². The Labute approximate surface area is 105 Å². The van der Waals surface area contributed by atoms with Crippen LogP contribution in [0.25, 0.3) is 0 Å². The van der Waals surface area contributed by atoms with E-state index < -0.39 is 0 Å². The van der Waals surface area contributed by atoms with Crippen LogP contribution in [0.5, 0.6) is 0 Å². The Morgan fingerprint density at radius 1 is 1.50 bits per heavy atom. The van der Waals surface area contributed by atoms with Crippen molar-refractivity contribution < 1.29 is 4.79 Å². The molecule has 0 aromatic carbocycles. The Hall–Kier alpha value is -0.900. The number of hydrogen-bond donors (Lipinski definition) is 1. The van der Waals surface area contributed by atoms with Crippen LogP contribution in [0.1, 0.15) is 37.6 Å². The van der Waals surface area contributed by atoms with Crippen molar-refractivity contribution in [3.8, 4) is 0 Å². The second-order valence-corrected chi connectivity index (χ2v) is 4.96. The SMILES string of the molecule is CCC(C)C(C)NC(=O)c1cncc(Br)c1. The van der Waals surface area contributed by atoms with Crippen molar-refractivity contribution in [3.05, 3.63) is 28.5 Å². The zero-order chi connectivity index (χ0) is 12.1. The Morgan fingerprint density at radius 2 is 2.19 bits per heavy atom. The molecule has 1 amide bonds. The molecule has 1 rings (SSSR count). The van der Waals surface area contributed by atoms with Gasteiger partial charge in [0.2, 0.25) is 0 Å².